The number of benzene rings is 1. The second-order valence-electron chi connectivity index (χ2n) is 17.2. The smallest absolute Gasteiger partial charge is 0.335 e. The molecule has 44 heavy (non-hydrogen) atoms. The van der Waals surface area contributed by atoms with E-state index in [4.69, 9.17) is 0 Å². The number of carbonyl (C=O) groups is 1. The predicted molar refractivity (Wildman–Crippen MR) is 184 cm³/mol. The number of nitrogens with one attached hydrogen (secondary N) is 2. The molecule has 6 aliphatic rings. The summed E-state index contributed by atoms with van der Waals surface area (Å²) >= 11 is 2.11. The van der Waals surface area contributed by atoms with Gasteiger partial charge >= 0.3 is 5.97 Å². The van der Waals surface area contributed by atoms with Gasteiger partial charge in [0.15, 0.2) is 0 Å². The Kier molecular flexibility index (Phi) is 7.94. The topological polar surface area (TPSA) is 61.4 Å². The van der Waals surface area contributed by atoms with E-state index in [1.165, 1.54) is 86.9 Å². The fourth-order valence-electron chi connectivity index (χ4n) is 13.0. The van der Waals surface area contributed by atoms with E-state index >= 15 is 0 Å². The zero-order valence-corrected chi connectivity index (χ0v) is 29.0. The summed E-state index contributed by atoms with van der Waals surface area (Å²) in [5.74, 6) is 4.87. The largest absolute Gasteiger partial charge is 0.478 e. The third kappa shape index (κ3) is 4.63. The number of allylic oxidation sites excluding steroid dienone is 2. The zero-order chi connectivity index (χ0) is 31.0. The maximum Gasteiger partial charge on any atom is 0.335 e. The van der Waals surface area contributed by atoms with Crippen LogP contribution < -0.4 is 10.6 Å². The number of aromatic carboxylic acids is 1. The van der Waals surface area contributed by atoms with Gasteiger partial charge in [-0.3, -0.25) is 0 Å². The van der Waals surface area contributed by atoms with Crippen molar-refractivity contribution in [1.82, 2.24) is 10.6 Å². The number of thioether (sulfide) groups is 1. The molecule has 1 saturated heterocycles. The Hall–Kier alpha value is -1.30. The van der Waals surface area contributed by atoms with Gasteiger partial charge in [-0.2, -0.15) is 11.8 Å². The van der Waals surface area contributed by atoms with Crippen LogP contribution in [0, 0.1) is 45.3 Å². The van der Waals surface area contributed by atoms with Crippen molar-refractivity contribution < 1.29 is 9.90 Å². The Morgan fingerprint density at radius 1 is 0.864 bits per heavy atom. The lowest BCUT2D eigenvalue weighted by Crippen LogP contribution is -2.67. The van der Waals surface area contributed by atoms with Crippen LogP contribution in [-0.4, -0.2) is 47.3 Å². The van der Waals surface area contributed by atoms with Crippen molar-refractivity contribution in [1.29, 1.82) is 0 Å². The first-order chi connectivity index (χ1) is 20.9. The summed E-state index contributed by atoms with van der Waals surface area (Å²) in [5.41, 5.74) is 4.58. The van der Waals surface area contributed by atoms with Crippen LogP contribution in [0.3, 0.4) is 0 Å². The van der Waals surface area contributed by atoms with Crippen molar-refractivity contribution in [3.05, 3.63) is 41.5 Å². The maximum absolute atomic E-state index is 11.5. The molecule has 0 bridgehead atoms. The summed E-state index contributed by atoms with van der Waals surface area (Å²) in [7, 11) is 0. The van der Waals surface area contributed by atoms with E-state index in [0.717, 1.165) is 43.3 Å². The zero-order valence-electron chi connectivity index (χ0n) is 28.1. The minimum Gasteiger partial charge on any atom is -0.478 e. The number of rotatable bonds is 7. The van der Waals surface area contributed by atoms with Crippen LogP contribution in [0.5, 0.6) is 0 Å². The molecule has 0 radical (unpaired) electrons. The Labute approximate surface area is 271 Å². The average Bonchev–Trinajstić information content (AvgIpc) is 3.66. The summed E-state index contributed by atoms with van der Waals surface area (Å²) in [6, 6.07) is 8.40. The van der Waals surface area contributed by atoms with E-state index in [2.05, 4.69) is 63.1 Å². The summed E-state index contributed by atoms with van der Waals surface area (Å²) < 4.78 is 0. The van der Waals surface area contributed by atoms with Crippen molar-refractivity contribution in [3.63, 3.8) is 0 Å². The molecule has 5 aliphatic carbocycles. The molecule has 0 spiro atoms. The highest BCUT2D eigenvalue weighted by molar-refractivity contribution is 7.99. The molecule has 1 aromatic carbocycles. The van der Waals surface area contributed by atoms with E-state index < -0.39 is 5.97 Å². The van der Waals surface area contributed by atoms with Gasteiger partial charge in [-0.05, 0) is 139 Å². The molecule has 0 aromatic heterocycles. The van der Waals surface area contributed by atoms with Gasteiger partial charge in [-0.15, -0.1) is 0 Å². The highest BCUT2D eigenvalue weighted by atomic mass is 32.2. The van der Waals surface area contributed by atoms with Gasteiger partial charge in [0.1, 0.15) is 0 Å². The molecule has 0 amide bonds. The highest BCUT2D eigenvalue weighted by Gasteiger charge is 2.69. The molecular weight excluding hydrogens is 561 g/mol. The van der Waals surface area contributed by atoms with Gasteiger partial charge in [0.2, 0.25) is 0 Å². The summed E-state index contributed by atoms with van der Waals surface area (Å²) in [6.07, 6.45) is 17.5. The van der Waals surface area contributed by atoms with Crippen LogP contribution in [0.2, 0.25) is 0 Å². The van der Waals surface area contributed by atoms with E-state index in [9.17, 15) is 9.90 Å². The average molecular weight is 619 g/mol. The third-order valence-electron chi connectivity index (χ3n) is 15.3. The molecule has 3 N–H and O–H groups in total. The lowest BCUT2D eigenvalue weighted by molar-refractivity contribution is -0.216. The summed E-state index contributed by atoms with van der Waals surface area (Å²) in [4.78, 5) is 11.5. The molecule has 7 rings (SSSR count). The van der Waals surface area contributed by atoms with E-state index in [0.29, 0.717) is 33.3 Å². The van der Waals surface area contributed by atoms with Crippen molar-refractivity contribution in [2.45, 2.75) is 117 Å². The summed E-state index contributed by atoms with van der Waals surface area (Å²) in [5, 5.41) is 17.5. The first-order valence-corrected chi connectivity index (χ1v) is 19.2. The molecule has 1 aliphatic heterocycles. The van der Waals surface area contributed by atoms with Crippen LogP contribution >= 0.6 is 11.8 Å². The summed E-state index contributed by atoms with van der Waals surface area (Å²) in [6.45, 7) is 15.4. The van der Waals surface area contributed by atoms with Gasteiger partial charge in [0.25, 0.3) is 0 Å². The first-order valence-electron chi connectivity index (χ1n) is 18.1. The lowest BCUT2D eigenvalue weighted by atomic mass is 9.33. The second kappa shape index (κ2) is 11.2. The minimum absolute atomic E-state index is 0.0686. The molecule has 9 atom stereocenters. The van der Waals surface area contributed by atoms with Crippen LogP contribution in [0.15, 0.2) is 30.3 Å². The van der Waals surface area contributed by atoms with Crippen molar-refractivity contribution >= 4 is 23.3 Å². The van der Waals surface area contributed by atoms with E-state index in [1.54, 1.807) is 12.1 Å². The van der Waals surface area contributed by atoms with Crippen molar-refractivity contribution in [3.8, 4) is 0 Å². The lowest BCUT2D eigenvalue weighted by Gasteiger charge is -2.72. The molecule has 4 nitrogen and oxygen atoms in total. The van der Waals surface area contributed by atoms with Gasteiger partial charge < -0.3 is 15.7 Å². The van der Waals surface area contributed by atoms with Gasteiger partial charge in [0.05, 0.1) is 5.56 Å². The Balaban J connectivity index is 1.11. The minimum atomic E-state index is -0.847. The molecule has 5 heteroatoms. The fourth-order valence-corrected chi connectivity index (χ4v) is 14.2. The van der Waals surface area contributed by atoms with Crippen molar-refractivity contribution in [2.75, 3.05) is 24.6 Å². The molecule has 4 saturated carbocycles. The van der Waals surface area contributed by atoms with Crippen LogP contribution in [0.1, 0.15) is 121 Å². The van der Waals surface area contributed by atoms with Gasteiger partial charge in [-0.1, -0.05) is 59.2 Å². The standard InChI is InChI=1S/C39H58N2O2S/c1-35(2)29(26-8-10-27(11-9-26)34(42)43)14-18-36(3)32(35)15-19-38(5)33(36)13-12-30-31-7-6-17-39(31,21-20-37(30,38)4)41-23-22-40-28-16-24-44-25-28/h8-11,14,28,30-33,40-41H,6-7,12-13,15-25H2,1-5H3,(H,42,43)/t28?,30-,31?,32?,33?,36+,37-,38-,39+/m1/s1. The van der Waals surface area contributed by atoms with Crippen LogP contribution in [-0.2, 0) is 0 Å². The monoisotopic (exact) mass is 618 g/mol. The normalized spacial score (nSPS) is 44.2. The second-order valence-corrected chi connectivity index (χ2v) is 18.3. The molecular formula is C39H58N2O2S. The third-order valence-corrected chi connectivity index (χ3v) is 16.5. The highest BCUT2D eigenvalue weighted by Crippen LogP contribution is 2.76. The Bertz CT molecular complexity index is 1290. The molecule has 1 aromatic rings. The van der Waals surface area contributed by atoms with Gasteiger partial charge in [0, 0.05) is 30.4 Å². The molecule has 4 unspecified atom stereocenters. The number of hydrogen-bond acceptors (Lipinski definition) is 4. The molecule has 242 valence electrons. The molecule has 1 heterocycles. The SMILES string of the molecule is CC1(C)C(c2ccc(C(=O)O)cc2)=CC[C@@]2(C)C1CC[C@]1(C)C2CC[C@@H]2C3CCC[C@]3(NCCNC3CCSC3)CC[C@]21C. The fraction of sp³-hybridized carbons (Fsp3) is 0.769. The number of fused-ring (bicyclic) bond motifs is 7. The predicted octanol–water partition coefficient (Wildman–Crippen LogP) is 8.67. The first kappa shape index (κ1) is 31.3. The van der Waals surface area contributed by atoms with Gasteiger partial charge in [-0.25, -0.2) is 4.79 Å². The Morgan fingerprint density at radius 3 is 2.39 bits per heavy atom. The van der Waals surface area contributed by atoms with E-state index in [1.807, 2.05) is 12.1 Å². The number of hydrogen-bond donors (Lipinski definition) is 3. The quantitative estimate of drug-likeness (QED) is 0.267. The van der Waals surface area contributed by atoms with Crippen LogP contribution in [0.25, 0.3) is 5.57 Å². The number of carboxylic acids is 1. The number of carboxylic acid groups (broad SMARTS) is 1. The molecule has 5 fully saturated rings. The van der Waals surface area contributed by atoms with Crippen molar-refractivity contribution in [2.24, 2.45) is 45.3 Å². The maximum atomic E-state index is 11.5. The van der Waals surface area contributed by atoms with Crippen LogP contribution in [0.4, 0.5) is 0 Å². The van der Waals surface area contributed by atoms with E-state index in [-0.39, 0.29) is 5.41 Å². The Morgan fingerprint density at radius 2 is 1.66 bits per heavy atom.